The van der Waals surface area contributed by atoms with Crippen LogP contribution < -0.4 is 18.9 Å². The molecule has 0 saturated heterocycles. The van der Waals surface area contributed by atoms with Crippen LogP contribution in [0.4, 0.5) is 0 Å². The van der Waals surface area contributed by atoms with E-state index >= 15 is 0 Å². The van der Waals surface area contributed by atoms with E-state index in [1.54, 1.807) is 37.4 Å². The topological polar surface area (TPSA) is 73.9 Å². The predicted molar refractivity (Wildman–Crippen MR) is 99.2 cm³/mol. The van der Waals surface area contributed by atoms with Gasteiger partial charge in [0.15, 0.2) is 11.5 Å². The monoisotopic (exact) mass is 375 g/mol. The summed E-state index contributed by atoms with van der Waals surface area (Å²) in [5, 5.41) is 0. The minimum atomic E-state index is -3.71. The van der Waals surface area contributed by atoms with Gasteiger partial charge < -0.3 is 14.2 Å². The number of hydrogen-bond acceptors (Lipinski definition) is 5. The first kappa shape index (κ1) is 19.6. The number of benzene rings is 2. The fourth-order valence-corrected chi connectivity index (χ4v) is 3.34. The summed E-state index contributed by atoms with van der Waals surface area (Å²) in [5.41, 5.74) is 0.822. The lowest BCUT2D eigenvalue weighted by atomic mass is 10.2. The van der Waals surface area contributed by atoms with E-state index in [4.69, 9.17) is 14.2 Å². The van der Waals surface area contributed by atoms with Gasteiger partial charge in [-0.15, -0.1) is 0 Å². The molecule has 0 heterocycles. The highest BCUT2D eigenvalue weighted by Gasteiger charge is 2.18. The second kappa shape index (κ2) is 9.13. The number of nitrogens with one attached hydrogen (secondary N) is 1. The molecule has 2 aromatic carbocycles. The van der Waals surface area contributed by atoms with E-state index in [1.165, 1.54) is 7.11 Å². The van der Waals surface area contributed by atoms with Crippen LogP contribution in [0.1, 0.15) is 5.56 Å². The van der Waals surface area contributed by atoms with Crippen molar-refractivity contribution in [3.05, 3.63) is 48.0 Å². The fraction of sp³-hybridized carbons (Fsp3) is 0.263. The maximum Gasteiger partial charge on any atom is 0.245 e. The van der Waals surface area contributed by atoms with Crippen molar-refractivity contribution >= 4 is 10.0 Å². The Hall–Kier alpha value is -2.69. The highest BCUT2D eigenvalue weighted by atomic mass is 32.2. The SMILES string of the molecule is COc1ccccc1OCC#CCNS(=O)(=O)c1cc(C)ccc1OC. The van der Waals surface area contributed by atoms with E-state index in [0.717, 1.165) is 5.56 Å². The average molecular weight is 375 g/mol. The molecular weight excluding hydrogens is 354 g/mol. The summed E-state index contributed by atoms with van der Waals surface area (Å²) in [4.78, 5) is 0.0899. The molecule has 0 aliphatic heterocycles. The van der Waals surface area contributed by atoms with Gasteiger partial charge in [0.1, 0.15) is 17.3 Å². The Balaban J connectivity index is 1.94. The molecule has 26 heavy (non-hydrogen) atoms. The van der Waals surface area contributed by atoms with Crippen molar-refractivity contribution in [2.45, 2.75) is 11.8 Å². The number of methoxy groups -OCH3 is 2. The zero-order valence-electron chi connectivity index (χ0n) is 14.9. The maximum atomic E-state index is 12.4. The molecule has 2 rings (SSSR count). The molecule has 7 heteroatoms. The third-order valence-corrected chi connectivity index (χ3v) is 4.88. The number of para-hydroxylation sites is 2. The van der Waals surface area contributed by atoms with Gasteiger partial charge in [-0.1, -0.05) is 30.0 Å². The molecule has 0 atom stereocenters. The molecule has 1 N–H and O–H groups in total. The minimum Gasteiger partial charge on any atom is -0.495 e. The molecule has 0 saturated carbocycles. The third kappa shape index (κ3) is 5.15. The van der Waals surface area contributed by atoms with Crippen molar-refractivity contribution in [1.82, 2.24) is 4.72 Å². The largest absolute Gasteiger partial charge is 0.495 e. The zero-order valence-corrected chi connectivity index (χ0v) is 15.7. The highest BCUT2D eigenvalue weighted by molar-refractivity contribution is 7.89. The lowest BCUT2D eigenvalue weighted by molar-refractivity contribution is 0.331. The lowest BCUT2D eigenvalue weighted by Crippen LogP contribution is -2.24. The molecule has 2 aromatic rings. The molecule has 138 valence electrons. The standard InChI is InChI=1S/C19H21NO5S/c1-15-10-11-18(24-3)19(14-15)26(21,22)20-12-6-7-13-25-17-9-5-4-8-16(17)23-2/h4-5,8-11,14,20H,12-13H2,1-3H3. The first-order chi connectivity index (χ1) is 12.5. The second-order valence-corrected chi connectivity index (χ2v) is 7.01. The number of rotatable bonds is 7. The second-order valence-electron chi connectivity index (χ2n) is 5.27. The Labute approximate surface area is 154 Å². The van der Waals surface area contributed by atoms with Crippen molar-refractivity contribution in [1.29, 1.82) is 0 Å². The van der Waals surface area contributed by atoms with Crippen molar-refractivity contribution in [2.75, 3.05) is 27.4 Å². The Morgan fingerprint density at radius 3 is 2.35 bits per heavy atom. The van der Waals surface area contributed by atoms with Crippen LogP contribution in [0.5, 0.6) is 17.2 Å². The van der Waals surface area contributed by atoms with E-state index in [2.05, 4.69) is 16.6 Å². The molecule has 0 aliphatic carbocycles. The van der Waals surface area contributed by atoms with Gasteiger partial charge >= 0.3 is 0 Å². The number of hydrogen-bond donors (Lipinski definition) is 1. The first-order valence-electron chi connectivity index (χ1n) is 7.84. The van der Waals surface area contributed by atoms with E-state index < -0.39 is 10.0 Å². The van der Waals surface area contributed by atoms with Gasteiger partial charge in [-0.25, -0.2) is 8.42 Å². The van der Waals surface area contributed by atoms with Gasteiger partial charge in [-0.05, 0) is 36.8 Å². The van der Waals surface area contributed by atoms with E-state index in [9.17, 15) is 8.42 Å². The normalized spacial score (nSPS) is 10.6. The molecular formula is C19H21NO5S. The van der Waals surface area contributed by atoms with Gasteiger partial charge in [-0.3, -0.25) is 0 Å². The van der Waals surface area contributed by atoms with Crippen molar-refractivity contribution in [2.24, 2.45) is 0 Å². The smallest absolute Gasteiger partial charge is 0.245 e. The van der Waals surface area contributed by atoms with Gasteiger partial charge in [0.05, 0.1) is 20.8 Å². The Kier molecular flexibility index (Phi) is 6.89. The quantitative estimate of drug-likeness (QED) is 0.752. The zero-order chi connectivity index (χ0) is 19.0. The highest BCUT2D eigenvalue weighted by Crippen LogP contribution is 2.25. The molecule has 6 nitrogen and oxygen atoms in total. The molecule has 0 aliphatic rings. The minimum absolute atomic E-state index is 0.0330. The van der Waals surface area contributed by atoms with Crippen LogP contribution in [0.25, 0.3) is 0 Å². The summed E-state index contributed by atoms with van der Waals surface area (Å²) >= 11 is 0. The lowest BCUT2D eigenvalue weighted by Gasteiger charge is -2.10. The van der Waals surface area contributed by atoms with E-state index in [-0.39, 0.29) is 23.8 Å². The molecule has 0 bridgehead atoms. The summed E-state index contributed by atoms with van der Waals surface area (Å²) < 4.78 is 43.0. The molecule has 0 unspecified atom stereocenters. The number of aryl methyl sites for hydroxylation is 1. The molecule has 0 aromatic heterocycles. The summed E-state index contributed by atoms with van der Waals surface area (Å²) in [7, 11) is -0.727. The fourth-order valence-electron chi connectivity index (χ4n) is 2.17. The number of ether oxygens (including phenoxy) is 3. The van der Waals surface area contributed by atoms with Crippen LogP contribution in [0.15, 0.2) is 47.4 Å². The third-order valence-electron chi connectivity index (χ3n) is 3.45. The van der Waals surface area contributed by atoms with Crippen molar-refractivity contribution in [3.8, 4) is 29.1 Å². The van der Waals surface area contributed by atoms with Crippen molar-refractivity contribution < 1.29 is 22.6 Å². The molecule has 0 amide bonds. The van der Waals surface area contributed by atoms with Gasteiger partial charge in [-0.2, -0.15) is 4.72 Å². The van der Waals surface area contributed by atoms with Crippen LogP contribution in [-0.2, 0) is 10.0 Å². The molecule has 0 fully saturated rings. The van der Waals surface area contributed by atoms with Gasteiger partial charge in [0.25, 0.3) is 0 Å². The Morgan fingerprint density at radius 1 is 0.962 bits per heavy atom. The van der Waals surface area contributed by atoms with Crippen LogP contribution >= 0.6 is 0 Å². The molecule has 0 radical (unpaired) electrons. The Bertz CT molecular complexity index is 913. The predicted octanol–water partition coefficient (Wildman–Crippen LogP) is 2.37. The first-order valence-corrected chi connectivity index (χ1v) is 9.32. The van der Waals surface area contributed by atoms with Crippen molar-refractivity contribution in [3.63, 3.8) is 0 Å². The maximum absolute atomic E-state index is 12.4. The van der Waals surface area contributed by atoms with E-state index in [0.29, 0.717) is 11.5 Å². The number of sulfonamides is 1. The average Bonchev–Trinajstić information content (AvgIpc) is 2.64. The molecule has 0 spiro atoms. The van der Waals surface area contributed by atoms with Crippen LogP contribution in [-0.4, -0.2) is 35.8 Å². The van der Waals surface area contributed by atoms with Crippen LogP contribution in [0, 0.1) is 18.8 Å². The summed E-state index contributed by atoms with van der Waals surface area (Å²) in [6.07, 6.45) is 0. The van der Waals surface area contributed by atoms with E-state index in [1.807, 2.05) is 19.1 Å². The van der Waals surface area contributed by atoms with Crippen LogP contribution in [0.3, 0.4) is 0 Å². The van der Waals surface area contributed by atoms with Crippen LogP contribution in [0.2, 0.25) is 0 Å². The Morgan fingerprint density at radius 2 is 1.65 bits per heavy atom. The summed E-state index contributed by atoms with van der Waals surface area (Å²) in [6, 6.07) is 12.2. The van der Waals surface area contributed by atoms with Gasteiger partial charge in [0.2, 0.25) is 10.0 Å². The summed E-state index contributed by atoms with van der Waals surface area (Å²) in [5.74, 6) is 6.97. The summed E-state index contributed by atoms with van der Waals surface area (Å²) in [6.45, 7) is 1.90. The van der Waals surface area contributed by atoms with Gasteiger partial charge in [0, 0.05) is 0 Å².